The Bertz CT molecular complexity index is 537. The molecule has 0 heterocycles. The van der Waals surface area contributed by atoms with E-state index in [1.165, 1.54) is 38.5 Å². The zero-order valence-electron chi connectivity index (χ0n) is 15.4. The standard InChI is InChI=1S/C22H34O2/c1-4-20(24)19-8-7-17-16-6-5-14-13-15(23)9-11-21(14,2)18(16)10-12-22(17,19)3/h1,14-20,23-24H,5-13H2,2-3H3/t14?,15?,16-,17-,18+,19?,20?,21-,22-/m0/s1. The third-order valence-corrected chi connectivity index (χ3v) is 9.26. The maximum atomic E-state index is 10.4. The quantitative estimate of drug-likeness (QED) is 0.714. The van der Waals surface area contributed by atoms with E-state index < -0.39 is 6.10 Å². The summed E-state index contributed by atoms with van der Waals surface area (Å²) in [6.45, 7) is 4.96. The average Bonchev–Trinajstić information content (AvgIpc) is 2.92. The number of rotatable bonds is 1. The van der Waals surface area contributed by atoms with Gasteiger partial charge in [-0.05, 0) is 92.3 Å². The molecule has 0 aromatic carbocycles. The Balaban J connectivity index is 1.60. The molecule has 2 heteroatoms. The lowest BCUT2D eigenvalue weighted by Gasteiger charge is -2.61. The molecule has 0 aromatic rings. The lowest BCUT2D eigenvalue weighted by molar-refractivity contribution is -0.130. The average molecular weight is 331 g/mol. The van der Waals surface area contributed by atoms with Gasteiger partial charge in [-0.25, -0.2) is 0 Å². The number of aliphatic hydroxyl groups is 2. The third-order valence-electron chi connectivity index (χ3n) is 9.26. The SMILES string of the molecule is C#CC(O)C1CC[C@H]2[C@@H]3CCC4CC(O)CC[C@]4(C)[C@@H]3CC[C@]12C. The Hall–Kier alpha value is -0.520. The Morgan fingerprint density at radius 3 is 2.42 bits per heavy atom. The van der Waals surface area contributed by atoms with Crippen LogP contribution in [0.15, 0.2) is 0 Å². The highest BCUT2D eigenvalue weighted by Gasteiger charge is 2.60. The summed E-state index contributed by atoms with van der Waals surface area (Å²) < 4.78 is 0. The zero-order valence-corrected chi connectivity index (χ0v) is 15.4. The Kier molecular flexibility index (Phi) is 4.05. The number of hydrogen-bond acceptors (Lipinski definition) is 2. The predicted octanol–water partition coefficient (Wildman–Crippen LogP) is 4.00. The molecule has 4 aliphatic rings. The van der Waals surface area contributed by atoms with E-state index in [1.807, 2.05) is 0 Å². The van der Waals surface area contributed by atoms with Gasteiger partial charge in [-0.2, -0.15) is 0 Å². The summed E-state index contributed by atoms with van der Waals surface area (Å²) in [5.74, 6) is 6.03. The first-order chi connectivity index (χ1) is 11.4. The summed E-state index contributed by atoms with van der Waals surface area (Å²) in [6.07, 6.45) is 15.7. The molecule has 9 atom stereocenters. The highest BCUT2D eigenvalue weighted by atomic mass is 16.3. The van der Waals surface area contributed by atoms with E-state index in [0.29, 0.717) is 11.3 Å². The second kappa shape index (κ2) is 5.75. The number of aliphatic hydroxyl groups excluding tert-OH is 2. The second-order valence-corrected chi connectivity index (χ2v) is 9.92. The highest BCUT2D eigenvalue weighted by Crippen LogP contribution is 2.67. The van der Waals surface area contributed by atoms with Crippen molar-refractivity contribution in [1.29, 1.82) is 0 Å². The molecule has 2 nitrogen and oxygen atoms in total. The van der Waals surface area contributed by atoms with Gasteiger partial charge in [0.2, 0.25) is 0 Å². The van der Waals surface area contributed by atoms with Gasteiger partial charge < -0.3 is 10.2 Å². The Labute approximate surface area is 147 Å². The van der Waals surface area contributed by atoms with Crippen molar-refractivity contribution >= 4 is 0 Å². The Morgan fingerprint density at radius 1 is 0.958 bits per heavy atom. The van der Waals surface area contributed by atoms with Crippen molar-refractivity contribution in [3.63, 3.8) is 0 Å². The fourth-order valence-corrected chi connectivity index (χ4v) is 7.91. The van der Waals surface area contributed by atoms with Crippen LogP contribution >= 0.6 is 0 Å². The smallest absolute Gasteiger partial charge is 0.117 e. The van der Waals surface area contributed by atoms with Crippen LogP contribution in [0.2, 0.25) is 0 Å². The maximum Gasteiger partial charge on any atom is 0.117 e. The van der Waals surface area contributed by atoms with Crippen molar-refractivity contribution in [1.82, 2.24) is 0 Å². The van der Waals surface area contributed by atoms with E-state index in [9.17, 15) is 10.2 Å². The summed E-state index contributed by atoms with van der Waals surface area (Å²) in [5, 5.41) is 20.5. The highest BCUT2D eigenvalue weighted by molar-refractivity contribution is 5.13. The minimum Gasteiger partial charge on any atom is -0.393 e. The summed E-state index contributed by atoms with van der Waals surface area (Å²) in [5.41, 5.74) is 0.677. The molecular formula is C22H34O2. The van der Waals surface area contributed by atoms with Gasteiger partial charge >= 0.3 is 0 Å². The van der Waals surface area contributed by atoms with Gasteiger partial charge in [0.1, 0.15) is 6.10 Å². The van der Waals surface area contributed by atoms with E-state index in [1.54, 1.807) is 0 Å². The lowest BCUT2D eigenvalue weighted by Crippen LogP contribution is -2.54. The summed E-state index contributed by atoms with van der Waals surface area (Å²) in [4.78, 5) is 0. The monoisotopic (exact) mass is 330 g/mol. The molecule has 0 aromatic heterocycles. The largest absolute Gasteiger partial charge is 0.393 e. The molecule has 2 N–H and O–H groups in total. The molecule has 0 saturated heterocycles. The molecule has 0 radical (unpaired) electrons. The van der Waals surface area contributed by atoms with Crippen molar-refractivity contribution in [3.05, 3.63) is 0 Å². The molecule has 4 rings (SSSR count). The molecule has 0 spiro atoms. The van der Waals surface area contributed by atoms with Crippen LogP contribution in [-0.4, -0.2) is 22.4 Å². The van der Waals surface area contributed by atoms with E-state index in [-0.39, 0.29) is 11.5 Å². The number of terminal acetylenes is 1. The normalized spacial score (nSPS) is 55.0. The topological polar surface area (TPSA) is 40.5 Å². The van der Waals surface area contributed by atoms with Gasteiger partial charge in [0.15, 0.2) is 0 Å². The predicted molar refractivity (Wildman–Crippen MR) is 96.1 cm³/mol. The summed E-state index contributed by atoms with van der Waals surface area (Å²) in [7, 11) is 0. The molecule has 4 fully saturated rings. The maximum absolute atomic E-state index is 10.4. The number of hydrogen-bond donors (Lipinski definition) is 2. The molecule has 4 unspecified atom stereocenters. The second-order valence-electron chi connectivity index (χ2n) is 9.92. The van der Waals surface area contributed by atoms with E-state index in [4.69, 9.17) is 6.42 Å². The molecular weight excluding hydrogens is 296 g/mol. The van der Waals surface area contributed by atoms with Gasteiger partial charge in [0.25, 0.3) is 0 Å². The summed E-state index contributed by atoms with van der Waals surface area (Å²) >= 11 is 0. The first-order valence-corrected chi connectivity index (χ1v) is 10.2. The van der Waals surface area contributed by atoms with Crippen molar-refractivity contribution < 1.29 is 10.2 Å². The van der Waals surface area contributed by atoms with Crippen LogP contribution in [-0.2, 0) is 0 Å². The van der Waals surface area contributed by atoms with Gasteiger partial charge in [0.05, 0.1) is 6.10 Å². The fraction of sp³-hybridized carbons (Fsp3) is 0.909. The minimum atomic E-state index is -0.562. The van der Waals surface area contributed by atoms with Gasteiger partial charge in [0, 0.05) is 5.92 Å². The molecule has 24 heavy (non-hydrogen) atoms. The lowest BCUT2D eigenvalue weighted by atomic mass is 9.44. The molecule has 0 amide bonds. The van der Waals surface area contributed by atoms with Gasteiger partial charge in [-0.15, -0.1) is 6.42 Å². The van der Waals surface area contributed by atoms with Crippen LogP contribution in [0.5, 0.6) is 0 Å². The Morgan fingerprint density at radius 2 is 1.67 bits per heavy atom. The fourth-order valence-electron chi connectivity index (χ4n) is 7.91. The van der Waals surface area contributed by atoms with Crippen LogP contribution in [0.1, 0.15) is 71.6 Å². The molecule has 0 bridgehead atoms. The van der Waals surface area contributed by atoms with Crippen molar-refractivity contribution in [2.45, 2.75) is 83.8 Å². The molecule has 4 aliphatic carbocycles. The summed E-state index contributed by atoms with van der Waals surface area (Å²) in [6, 6.07) is 0. The minimum absolute atomic E-state index is 0.0601. The van der Waals surface area contributed by atoms with Gasteiger partial charge in [-0.3, -0.25) is 0 Å². The van der Waals surface area contributed by atoms with Crippen LogP contribution in [0.25, 0.3) is 0 Å². The zero-order chi connectivity index (χ0) is 17.1. The van der Waals surface area contributed by atoms with E-state index in [0.717, 1.165) is 42.9 Å². The first kappa shape index (κ1) is 16.9. The molecule has 4 saturated carbocycles. The van der Waals surface area contributed by atoms with Crippen LogP contribution in [0.4, 0.5) is 0 Å². The third kappa shape index (κ3) is 2.24. The van der Waals surface area contributed by atoms with Crippen LogP contribution in [0.3, 0.4) is 0 Å². The van der Waals surface area contributed by atoms with Crippen molar-refractivity contribution in [2.75, 3.05) is 0 Å². The van der Waals surface area contributed by atoms with Crippen molar-refractivity contribution in [3.8, 4) is 12.3 Å². The molecule has 134 valence electrons. The van der Waals surface area contributed by atoms with E-state index in [2.05, 4.69) is 19.8 Å². The van der Waals surface area contributed by atoms with E-state index >= 15 is 0 Å². The van der Waals surface area contributed by atoms with Crippen molar-refractivity contribution in [2.24, 2.45) is 40.4 Å². The number of fused-ring (bicyclic) bond motifs is 5. The first-order valence-electron chi connectivity index (χ1n) is 10.2. The van der Waals surface area contributed by atoms with Gasteiger partial charge in [-0.1, -0.05) is 19.8 Å². The van der Waals surface area contributed by atoms with Crippen LogP contribution < -0.4 is 0 Å². The van der Waals surface area contributed by atoms with Crippen LogP contribution in [0, 0.1) is 52.8 Å². The molecule has 0 aliphatic heterocycles.